The molecule has 0 saturated carbocycles. The van der Waals surface area contributed by atoms with Gasteiger partial charge in [0.2, 0.25) is 0 Å². The zero-order valence-electron chi connectivity index (χ0n) is 17.7. The lowest BCUT2D eigenvalue weighted by molar-refractivity contribution is 0.0746. The average Bonchev–Trinajstić information content (AvgIpc) is 3.26. The fourth-order valence-electron chi connectivity index (χ4n) is 3.72. The number of aromatic nitrogens is 4. The van der Waals surface area contributed by atoms with Crippen molar-refractivity contribution in [3.63, 3.8) is 0 Å². The topological polar surface area (TPSA) is 85.1 Å². The van der Waals surface area contributed by atoms with Gasteiger partial charge in [0.15, 0.2) is 11.5 Å². The number of nitrogens with zero attached hydrogens (tertiary/aromatic N) is 6. The molecule has 0 radical (unpaired) electrons. The molecule has 0 aliphatic carbocycles. The molecule has 4 rings (SSSR count). The van der Waals surface area contributed by atoms with Gasteiger partial charge in [0.1, 0.15) is 12.1 Å². The number of rotatable bonds is 5. The summed E-state index contributed by atoms with van der Waals surface area (Å²) in [5.41, 5.74) is 1.70. The Balaban J connectivity index is 1.49. The molecule has 3 aromatic rings. The average molecular weight is 410 g/mol. The lowest BCUT2D eigenvalue weighted by atomic mass is 10.1. The molecule has 0 spiro atoms. The maximum atomic E-state index is 13.0. The number of carbonyl (C=O) groups excluding carboxylic acids is 1. The smallest absolute Gasteiger partial charge is 0.256 e. The molecule has 30 heavy (non-hydrogen) atoms. The van der Waals surface area contributed by atoms with Crippen molar-refractivity contribution in [3.05, 3.63) is 41.9 Å². The Hall–Kier alpha value is -3.36. The van der Waals surface area contributed by atoms with E-state index in [4.69, 9.17) is 9.47 Å². The molecule has 2 aromatic heterocycles. The van der Waals surface area contributed by atoms with Crippen LogP contribution in [0, 0.1) is 0 Å². The predicted octanol–water partition coefficient (Wildman–Crippen LogP) is 2.23. The number of hydrogen-bond donors (Lipinski definition) is 0. The lowest BCUT2D eigenvalue weighted by Gasteiger charge is -2.35. The third-order valence-corrected chi connectivity index (χ3v) is 5.41. The lowest BCUT2D eigenvalue weighted by Crippen LogP contribution is -2.49. The van der Waals surface area contributed by atoms with Gasteiger partial charge >= 0.3 is 0 Å². The maximum Gasteiger partial charge on any atom is 0.256 e. The molecule has 9 heteroatoms. The molecule has 0 atom stereocenters. The summed E-state index contributed by atoms with van der Waals surface area (Å²) in [7, 11) is 3.14. The zero-order chi connectivity index (χ0) is 21.3. The number of ether oxygens (including phenoxy) is 2. The summed E-state index contributed by atoms with van der Waals surface area (Å²) < 4.78 is 12.5. The van der Waals surface area contributed by atoms with Crippen LogP contribution < -0.4 is 14.4 Å². The molecule has 1 fully saturated rings. The minimum absolute atomic E-state index is 0.0145. The van der Waals surface area contributed by atoms with E-state index in [-0.39, 0.29) is 5.91 Å². The fraction of sp³-hybridized carbons (Fsp3) is 0.429. The molecule has 9 nitrogen and oxygen atoms in total. The van der Waals surface area contributed by atoms with Crippen LogP contribution in [0.15, 0.2) is 30.6 Å². The van der Waals surface area contributed by atoms with Crippen molar-refractivity contribution in [3.8, 4) is 11.5 Å². The van der Waals surface area contributed by atoms with Gasteiger partial charge in [-0.2, -0.15) is 4.98 Å². The molecule has 1 amide bonds. The Morgan fingerprint density at radius 2 is 1.77 bits per heavy atom. The highest BCUT2D eigenvalue weighted by molar-refractivity contribution is 5.95. The first-order chi connectivity index (χ1) is 14.5. The Kier molecular flexibility index (Phi) is 5.43. The number of fused-ring (bicyclic) bond motifs is 1. The van der Waals surface area contributed by atoms with E-state index in [0.717, 1.165) is 11.5 Å². The minimum Gasteiger partial charge on any atom is -0.493 e. The number of methoxy groups -OCH3 is 2. The highest BCUT2D eigenvalue weighted by Crippen LogP contribution is 2.28. The van der Waals surface area contributed by atoms with Crippen LogP contribution in [0.25, 0.3) is 5.78 Å². The van der Waals surface area contributed by atoms with Crippen LogP contribution in [0.1, 0.15) is 35.8 Å². The van der Waals surface area contributed by atoms with Gasteiger partial charge in [0.25, 0.3) is 11.7 Å². The summed E-state index contributed by atoms with van der Waals surface area (Å²) >= 11 is 0. The summed E-state index contributed by atoms with van der Waals surface area (Å²) in [6.45, 7) is 6.91. The van der Waals surface area contributed by atoms with Crippen molar-refractivity contribution < 1.29 is 14.3 Å². The van der Waals surface area contributed by atoms with E-state index in [1.165, 1.54) is 0 Å². The molecule has 158 valence electrons. The first-order valence-electron chi connectivity index (χ1n) is 9.98. The Labute approximate surface area is 175 Å². The van der Waals surface area contributed by atoms with Crippen LogP contribution in [0.2, 0.25) is 0 Å². The van der Waals surface area contributed by atoms with Gasteiger partial charge in [-0.3, -0.25) is 9.20 Å². The first kappa shape index (κ1) is 19.9. The minimum atomic E-state index is -0.0145. The van der Waals surface area contributed by atoms with E-state index in [9.17, 15) is 4.79 Å². The number of amides is 1. The second kappa shape index (κ2) is 8.17. The number of benzene rings is 1. The summed E-state index contributed by atoms with van der Waals surface area (Å²) in [5.74, 6) is 2.93. The van der Waals surface area contributed by atoms with Crippen LogP contribution in [0.4, 0.5) is 5.82 Å². The predicted molar refractivity (Wildman–Crippen MR) is 113 cm³/mol. The normalized spacial score (nSPS) is 14.4. The van der Waals surface area contributed by atoms with Gasteiger partial charge in [-0.15, -0.1) is 10.2 Å². The largest absolute Gasteiger partial charge is 0.493 e. The third-order valence-electron chi connectivity index (χ3n) is 5.41. The number of hydrogen-bond acceptors (Lipinski definition) is 7. The fourth-order valence-corrected chi connectivity index (χ4v) is 3.72. The molecule has 1 saturated heterocycles. The molecule has 3 heterocycles. The molecular formula is C21H26N6O3. The molecule has 1 aliphatic rings. The van der Waals surface area contributed by atoms with Crippen molar-refractivity contribution in [2.45, 2.75) is 19.8 Å². The van der Waals surface area contributed by atoms with Crippen molar-refractivity contribution in [2.24, 2.45) is 0 Å². The maximum absolute atomic E-state index is 13.0. The van der Waals surface area contributed by atoms with Gasteiger partial charge in [0, 0.05) is 43.5 Å². The third kappa shape index (κ3) is 3.62. The van der Waals surface area contributed by atoms with Crippen LogP contribution >= 0.6 is 0 Å². The van der Waals surface area contributed by atoms with Crippen molar-refractivity contribution in [1.29, 1.82) is 0 Å². The van der Waals surface area contributed by atoms with Crippen molar-refractivity contribution in [1.82, 2.24) is 24.5 Å². The van der Waals surface area contributed by atoms with Crippen LogP contribution in [0.3, 0.4) is 0 Å². The molecular weight excluding hydrogens is 384 g/mol. The van der Waals surface area contributed by atoms with Gasteiger partial charge < -0.3 is 19.3 Å². The van der Waals surface area contributed by atoms with Gasteiger partial charge in [0.05, 0.1) is 14.2 Å². The molecule has 0 N–H and O–H groups in total. The van der Waals surface area contributed by atoms with E-state index in [1.807, 2.05) is 9.30 Å². The van der Waals surface area contributed by atoms with E-state index >= 15 is 0 Å². The number of anilines is 1. The van der Waals surface area contributed by atoms with Crippen LogP contribution in [-0.4, -0.2) is 70.8 Å². The van der Waals surface area contributed by atoms with Gasteiger partial charge in [-0.1, -0.05) is 13.8 Å². The second-order valence-corrected chi connectivity index (χ2v) is 7.54. The number of carbonyl (C=O) groups is 1. The van der Waals surface area contributed by atoms with Crippen LogP contribution in [-0.2, 0) is 0 Å². The van der Waals surface area contributed by atoms with Gasteiger partial charge in [-0.05, 0) is 24.1 Å². The summed E-state index contributed by atoms with van der Waals surface area (Å²) in [4.78, 5) is 21.7. The Morgan fingerprint density at radius 1 is 1.03 bits per heavy atom. The highest BCUT2D eigenvalue weighted by Gasteiger charge is 2.25. The van der Waals surface area contributed by atoms with E-state index in [2.05, 4.69) is 40.0 Å². The summed E-state index contributed by atoms with van der Waals surface area (Å²) in [6, 6.07) is 7.34. The standard InChI is InChI=1S/C21H26N6O3/c1-14(2)16-12-19(23-21-24-22-13-27(16)21)25-7-9-26(10-8-25)20(28)15-5-6-17(29-3)18(11-15)30-4/h5-6,11-14H,7-10H2,1-4H3. The second-order valence-electron chi connectivity index (χ2n) is 7.54. The Bertz CT molecular complexity index is 1060. The SMILES string of the molecule is COc1ccc(C(=O)N2CCN(c3cc(C(C)C)n4cnnc4n3)CC2)cc1OC. The monoisotopic (exact) mass is 410 g/mol. The van der Waals surface area contributed by atoms with Crippen molar-refractivity contribution >= 4 is 17.5 Å². The molecule has 0 unspecified atom stereocenters. The number of piperazine rings is 1. The van der Waals surface area contributed by atoms with E-state index in [0.29, 0.717) is 54.9 Å². The quantitative estimate of drug-likeness (QED) is 0.638. The Morgan fingerprint density at radius 3 is 2.43 bits per heavy atom. The summed E-state index contributed by atoms with van der Waals surface area (Å²) in [6.07, 6.45) is 1.70. The van der Waals surface area contributed by atoms with E-state index in [1.54, 1.807) is 38.7 Å². The van der Waals surface area contributed by atoms with Crippen LogP contribution in [0.5, 0.6) is 11.5 Å². The molecule has 1 aliphatic heterocycles. The first-order valence-corrected chi connectivity index (χ1v) is 9.98. The van der Waals surface area contributed by atoms with Gasteiger partial charge in [-0.25, -0.2) is 0 Å². The molecule has 1 aromatic carbocycles. The molecule has 0 bridgehead atoms. The van der Waals surface area contributed by atoms with E-state index < -0.39 is 0 Å². The van der Waals surface area contributed by atoms with Crippen molar-refractivity contribution in [2.75, 3.05) is 45.3 Å². The highest BCUT2D eigenvalue weighted by atomic mass is 16.5. The summed E-state index contributed by atoms with van der Waals surface area (Å²) in [5, 5.41) is 8.10. The zero-order valence-corrected chi connectivity index (χ0v) is 17.7.